The van der Waals surface area contributed by atoms with E-state index in [4.69, 9.17) is 0 Å². The molecule has 0 saturated carbocycles. The molecule has 2 aliphatic rings. The quantitative estimate of drug-likeness (QED) is 0.223. The van der Waals surface area contributed by atoms with Gasteiger partial charge in [0.1, 0.15) is 12.1 Å². The first-order valence-electron chi connectivity index (χ1n) is 13.0. The van der Waals surface area contributed by atoms with Crippen LogP contribution in [-0.4, -0.2) is 68.2 Å². The van der Waals surface area contributed by atoms with Crippen LogP contribution in [0, 0.1) is 5.41 Å². The third-order valence-corrected chi connectivity index (χ3v) is 8.84. The minimum atomic E-state index is -1.08. The van der Waals surface area contributed by atoms with Crippen LogP contribution < -0.4 is 10.6 Å². The summed E-state index contributed by atoms with van der Waals surface area (Å²) in [7, 11) is -0.550. The Labute approximate surface area is 236 Å². The van der Waals surface area contributed by atoms with Crippen molar-refractivity contribution in [2.75, 3.05) is 6.54 Å². The third-order valence-electron chi connectivity index (χ3n) is 6.93. The summed E-state index contributed by atoms with van der Waals surface area (Å²) in [5.41, 5.74) is 2.90. The van der Waals surface area contributed by atoms with E-state index in [1.54, 1.807) is 20.8 Å². The molecule has 2 aliphatic heterocycles. The van der Waals surface area contributed by atoms with Gasteiger partial charge in [0.05, 0.1) is 11.7 Å². The van der Waals surface area contributed by atoms with Gasteiger partial charge in [-0.1, -0.05) is 39.0 Å². The number of benzene rings is 2. The summed E-state index contributed by atoms with van der Waals surface area (Å²) in [5.74, 6) is -2.72. The Morgan fingerprint density at radius 1 is 1.12 bits per heavy atom. The highest BCUT2D eigenvalue weighted by molar-refractivity contribution is 8.31. The summed E-state index contributed by atoms with van der Waals surface area (Å²) in [4.78, 5) is 46.7. The maximum atomic E-state index is 13.7. The first kappa shape index (κ1) is 29.2. The second-order valence-corrected chi connectivity index (χ2v) is 13.0. The first-order chi connectivity index (χ1) is 18.8. The Balaban J connectivity index is 1.44. The van der Waals surface area contributed by atoms with E-state index >= 15 is 0 Å². The number of hydrogen-bond acceptors (Lipinski definition) is 7. The fraction of sp³-hybridized carbons (Fsp3) is 0.379. The summed E-state index contributed by atoms with van der Waals surface area (Å²) in [6.07, 6.45) is -0.818. The molecule has 10 nitrogen and oxygen atoms in total. The molecular formula is C29H36N4O6S. The largest absolute Gasteiger partial charge is 0.504 e. The highest BCUT2D eigenvalue weighted by Gasteiger charge is 2.44. The van der Waals surface area contributed by atoms with Crippen molar-refractivity contribution in [2.45, 2.75) is 63.7 Å². The van der Waals surface area contributed by atoms with Crippen molar-refractivity contribution in [1.82, 2.24) is 15.5 Å². The Bertz CT molecular complexity index is 1350. The second-order valence-electron chi connectivity index (χ2n) is 11.1. The van der Waals surface area contributed by atoms with Crippen LogP contribution in [0.3, 0.4) is 0 Å². The van der Waals surface area contributed by atoms with Crippen LogP contribution in [0.4, 0.5) is 0 Å². The SMILES string of the molecule is CC1=C[SH](c2ccc(CNC(=O)[C@@H]3C[C@@H](O)CN3C(=O)[C@@H](NC(=O)c3cccc(O)c3O)C(C)(C)C)cc2)C=N1. The van der Waals surface area contributed by atoms with E-state index in [0.29, 0.717) is 0 Å². The van der Waals surface area contributed by atoms with Gasteiger partial charge in [0.2, 0.25) is 11.8 Å². The van der Waals surface area contributed by atoms with E-state index in [1.807, 2.05) is 36.7 Å². The standard InChI is InChI=1S/C29H36N4O6S/c1-17-15-40(16-31-17)20-10-8-18(9-11-20)13-30-27(38)22-12-19(34)14-33(22)28(39)25(29(2,3)4)32-26(37)21-6-5-7-23(35)24(21)36/h5-11,15-16,19,22,25,34-36,40H,12-14H2,1-4H3,(H,30,38)(H,32,37)/t19-,22+,25-/m1/s1. The van der Waals surface area contributed by atoms with Crippen molar-refractivity contribution in [2.24, 2.45) is 10.4 Å². The van der Waals surface area contributed by atoms with Crippen LogP contribution in [0.15, 0.2) is 63.5 Å². The molecule has 0 radical (unpaired) electrons. The van der Waals surface area contributed by atoms with Gasteiger partial charge < -0.3 is 30.9 Å². The fourth-order valence-corrected chi connectivity index (χ4v) is 6.32. The smallest absolute Gasteiger partial charge is 0.255 e. The monoisotopic (exact) mass is 568 g/mol. The van der Waals surface area contributed by atoms with Crippen LogP contribution in [0.1, 0.15) is 50.0 Å². The molecule has 5 N–H and O–H groups in total. The summed E-state index contributed by atoms with van der Waals surface area (Å²) in [6.45, 7) is 7.46. The number of likely N-dealkylation sites (tertiary alicyclic amines) is 1. The highest BCUT2D eigenvalue weighted by atomic mass is 32.2. The number of thiol groups is 1. The Morgan fingerprint density at radius 2 is 1.82 bits per heavy atom. The highest BCUT2D eigenvalue weighted by Crippen LogP contribution is 2.40. The van der Waals surface area contributed by atoms with Crippen LogP contribution in [0.5, 0.6) is 11.5 Å². The van der Waals surface area contributed by atoms with E-state index in [0.717, 1.165) is 16.2 Å². The zero-order valence-corrected chi connectivity index (χ0v) is 23.9. The number of para-hydroxylation sites is 1. The number of nitrogens with one attached hydrogen (secondary N) is 2. The topological polar surface area (TPSA) is 152 Å². The average molecular weight is 569 g/mol. The minimum Gasteiger partial charge on any atom is -0.504 e. The van der Waals surface area contributed by atoms with Gasteiger partial charge >= 0.3 is 0 Å². The number of allylic oxidation sites excluding steroid dienone is 1. The van der Waals surface area contributed by atoms with Gasteiger partial charge in [-0.2, -0.15) is 10.9 Å². The summed E-state index contributed by atoms with van der Waals surface area (Å²) in [6, 6.07) is 9.92. The van der Waals surface area contributed by atoms with Gasteiger partial charge in [-0.05, 0) is 52.5 Å². The van der Waals surface area contributed by atoms with Crippen molar-refractivity contribution in [3.05, 3.63) is 64.7 Å². The molecule has 40 heavy (non-hydrogen) atoms. The number of hydrogen-bond donors (Lipinski definition) is 6. The maximum Gasteiger partial charge on any atom is 0.255 e. The number of aliphatic hydroxyl groups excluding tert-OH is 1. The van der Waals surface area contributed by atoms with Gasteiger partial charge in [0, 0.05) is 30.8 Å². The number of rotatable bonds is 7. The number of nitrogens with zero attached hydrogens (tertiary/aromatic N) is 2. The molecule has 0 aliphatic carbocycles. The summed E-state index contributed by atoms with van der Waals surface area (Å²) in [5, 5.41) is 37.9. The molecule has 2 aromatic carbocycles. The second kappa shape index (κ2) is 11.7. The number of phenolic OH excluding ortho intramolecular Hbond substituents is 2. The number of carbonyl (C=O) groups is 3. The number of β-amino-alcohol motifs (C(OH)–C–C–N with tert-alkyl or cyclic N) is 1. The molecule has 1 unspecified atom stereocenters. The van der Waals surface area contributed by atoms with Crippen LogP contribution in [-0.2, 0) is 16.1 Å². The van der Waals surface area contributed by atoms with Crippen molar-refractivity contribution in [3.8, 4) is 11.5 Å². The molecule has 2 heterocycles. The van der Waals surface area contributed by atoms with Gasteiger partial charge in [0.15, 0.2) is 11.5 Å². The Kier molecular flexibility index (Phi) is 8.55. The lowest BCUT2D eigenvalue weighted by Gasteiger charge is -2.35. The van der Waals surface area contributed by atoms with Gasteiger partial charge in [-0.3, -0.25) is 19.4 Å². The van der Waals surface area contributed by atoms with Crippen LogP contribution >= 0.6 is 10.9 Å². The third kappa shape index (κ3) is 6.48. The lowest BCUT2D eigenvalue weighted by Crippen LogP contribution is -2.57. The van der Waals surface area contributed by atoms with Crippen molar-refractivity contribution < 1.29 is 29.7 Å². The zero-order chi connectivity index (χ0) is 29.2. The van der Waals surface area contributed by atoms with Crippen molar-refractivity contribution in [1.29, 1.82) is 0 Å². The molecule has 11 heteroatoms. The normalized spacial score (nSPS) is 22.1. The number of aliphatic imine (C=N–C) groups is 1. The predicted molar refractivity (Wildman–Crippen MR) is 154 cm³/mol. The van der Waals surface area contributed by atoms with E-state index in [2.05, 4.69) is 21.0 Å². The molecule has 4 rings (SSSR count). The Morgan fingerprint density at radius 3 is 2.45 bits per heavy atom. The molecule has 214 valence electrons. The van der Waals surface area contributed by atoms with Gasteiger partial charge in [0.25, 0.3) is 5.91 Å². The molecule has 2 aromatic rings. The number of amides is 3. The zero-order valence-electron chi connectivity index (χ0n) is 23.0. The number of aromatic hydroxyl groups is 2. The van der Waals surface area contributed by atoms with Crippen LogP contribution in [0.2, 0.25) is 0 Å². The van der Waals surface area contributed by atoms with E-state index in [9.17, 15) is 29.7 Å². The van der Waals surface area contributed by atoms with Gasteiger partial charge in [-0.25, -0.2) is 0 Å². The molecule has 4 atom stereocenters. The first-order valence-corrected chi connectivity index (χ1v) is 14.5. The molecule has 0 bridgehead atoms. The van der Waals surface area contributed by atoms with E-state index in [1.165, 1.54) is 23.1 Å². The predicted octanol–water partition coefficient (Wildman–Crippen LogP) is 2.78. The average Bonchev–Trinajstić information content (AvgIpc) is 3.52. The molecule has 3 amide bonds. The number of phenols is 2. The molecule has 1 saturated heterocycles. The molecule has 0 spiro atoms. The lowest BCUT2D eigenvalue weighted by molar-refractivity contribution is -0.142. The van der Waals surface area contributed by atoms with E-state index in [-0.39, 0.29) is 25.1 Å². The summed E-state index contributed by atoms with van der Waals surface area (Å²) >= 11 is 0. The fourth-order valence-electron chi connectivity index (χ4n) is 4.70. The number of aliphatic hydroxyl groups is 1. The molecular weight excluding hydrogens is 532 g/mol. The van der Waals surface area contributed by atoms with Crippen molar-refractivity contribution >= 4 is 34.2 Å². The maximum absolute atomic E-state index is 13.7. The molecule has 0 aromatic heterocycles. The minimum absolute atomic E-state index is 0.0521. The van der Waals surface area contributed by atoms with Crippen LogP contribution in [0.25, 0.3) is 0 Å². The lowest BCUT2D eigenvalue weighted by atomic mass is 9.85. The van der Waals surface area contributed by atoms with E-state index < -0.39 is 63.7 Å². The summed E-state index contributed by atoms with van der Waals surface area (Å²) < 4.78 is 0. The Hall–Kier alpha value is -3.83. The number of carbonyl (C=O) groups excluding carboxylic acids is 3. The van der Waals surface area contributed by atoms with Gasteiger partial charge in [-0.15, -0.1) is 0 Å². The van der Waals surface area contributed by atoms with Crippen molar-refractivity contribution in [3.63, 3.8) is 0 Å². The molecule has 1 fully saturated rings.